The third-order valence-corrected chi connectivity index (χ3v) is 1.78. The lowest BCUT2D eigenvalue weighted by Gasteiger charge is -2.16. The van der Waals surface area contributed by atoms with E-state index in [4.69, 9.17) is 10.4 Å². The topological polar surface area (TPSA) is 65.0 Å². The zero-order valence-corrected chi connectivity index (χ0v) is 8.82. The molecule has 0 saturated heterocycles. The van der Waals surface area contributed by atoms with Gasteiger partial charge in [0.15, 0.2) is 0 Å². The van der Waals surface area contributed by atoms with E-state index in [1.807, 2.05) is 0 Å². The van der Waals surface area contributed by atoms with Gasteiger partial charge in [-0.1, -0.05) is 0 Å². The molecule has 0 spiro atoms. The van der Waals surface area contributed by atoms with Crippen LogP contribution >= 0.6 is 0 Å². The predicted molar refractivity (Wildman–Crippen MR) is 53.3 cm³/mol. The number of nitrogens with zero attached hydrogens (tertiary/aromatic N) is 1. The Labute approximate surface area is 94.9 Å². The Morgan fingerprint density at radius 3 is 2.47 bits per heavy atom. The number of ether oxygens (including phenoxy) is 1. The zero-order chi connectivity index (χ0) is 13.1. The van der Waals surface area contributed by atoms with Gasteiger partial charge in [0.25, 0.3) is 0 Å². The third kappa shape index (κ3) is 4.00. The van der Waals surface area contributed by atoms with Gasteiger partial charge in [-0.25, -0.2) is 0 Å². The molecular weight excluding hydrogens is 241 g/mol. The standard InChI is InChI=1S/C9H11F3N2O3/c1-2-13-7-5-6(17-9(10,11)12)3-4-8(7)14(15)16/h3-5,13,15-16H,2H2,1H3. The van der Waals surface area contributed by atoms with Gasteiger partial charge in [0.05, 0.1) is 5.69 Å². The first-order valence-electron chi connectivity index (χ1n) is 4.65. The maximum atomic E-state index is 12.0. The van der Waals surface area contributed by atoms with Gasteiger partial charge < -0.3 is 10.1 Å². The highest BCUT2D eigenvalue weighted by atomic mass is 19.4. The summed E-state index contributed by atoms with van der Waals surface area (Å²) in [4.78, 5) is 0. The third-order valence-electron chi connectivity index (χ3n) is 1.78. The Hall–Kier alpha value is -1.67. The molecule has 5 nitrogen and oxygen atoms in total. The fourth-order valence-electron chi connectivity index (χ4n) is 1.22. The molecule has 0 heterocycles. The van der Waals surface area contributed by atoms with Crippen molar-refractivity contribution in [1.82, 2.24) is 0 Å². The summed E-state index contributed by atoms with van der Waals surface area (Å²) in [7, 11) is 0. The number of hydrogen-bond donors (Lipinski definition) is 3. The number of alkyl halides is 3. The zero-order valence-electron chi connectivity index (χ0n) is 8.82. The lowest BCUT2D eigenvalue weighted by Crippen LogP contribution is -2.18. The van der Waals surface area contributed by atoms with E-state index in [0.717, 1.165) is 18.2 Å². The van der Waals surface area contributed by atoms with Crippen LogP contribution in [0.1, 0.15) is 6.92 Å². The molecule has 3 N–H and O–H groups in total. The van der Waals surface area contributed by atoms with Gasteiger partial charge in [-0.15, -0.1) is 18.4 Å². The molecular formula is C9H11F3N2O3. The van der Waals surface area contributed by atoms with E-state index >= 15 is 0 Å². The Morgan fingerprint density at radius 1 is 1.35 bits per heavy atom. The minimum Gasteiger partial charge on any atom is -0.406 e. The second-order valence-corrected chi connectivity index (χ2v) is 3.05. The summed E-state index contributed by atoms with van der Waals surface area (Å²) in [6, 6.07) is 3.08. The molecule has 0 saturated carbocycles. The van der Waals surface area contributed by atoms with Gasteiger partial charge in [0.2, 0.25) is 0 Å². The molecule has 0 atom stereocenters. The first-order chi connectivity index (χ1) is 7.83. The SMILES string of the molecule is CCNc1cc(OC(F)(F)F)ccc1N(O)O. The summed E-state index contributed by atoms with van der Waals surface area (Å²) in [6.45, 7) is 2.11. The highest BCUT2D eigenvalue weighted by molar-refractivity contribution is 5.69. The highest BCUT2D eigenvalue weighted by Gasteiger charge is 2.31. The van der Waals surface area contributed by atoms with Crippen molar-refractivity contribution >= 4 is 11.4 Å². The van der Waals surface area contributed by atoms with E-state index in [9.17, 15) is 13.2 Å². The average molecular weight is 252 g/mol. The van der Waals surface area contributed by atoms with Crippen molar-refractivity contribution in [1.29, 1.82) is 0 Å². The first-order valence-corrected chi connectivity index (χ1v) is 4.65. The van der Waals surface area contributed by atoms with Crippen LogP contribution in [0.5, 0.6) is 5.75 Å². The molecule has 1 aromatic carbocycles. The molecule has 0 aliphatic heterocycles. The van der Waals surface area contributed by atoms with Gasteiger partial charge in [0, 0.05) is 12.6 Å². The van der Waals surface area contributed by atoms with E-state index in [1.165, 1.54) is 0 Å². The Kier molecular flexibility index (Phi) is 4.02. The quantitative estimate of drug-likeness (QED) is 0.719. The number of anilines is 2. The Morgan fingerprint density at radius 2 is 2.00 bits per heavy atom. The normalized spacial score (nSPS) is 11.2. The molecule has 1 aromatic rings. The van der Waals surface area contributed by atoms with Crippen molar-refractivity contribution in [3.05, 3.63) is 18.2 Å². The fourth-order valence-corrected chi connectivity index (χ4v) is 1.22. The van der Waals surface area contributed by atoms with Crippen LogP contribution in [0.2, 0.25) is 0 Å². The summed E-state index contributed by atoms with van der Waals surface area (Å²) in [5, 5.41) is 20.2. The molecule has 0 aromatic heterocycles. The monoisotopic (exact) mass is 252 g/mol. The number of benzene rings is 1. The summed E-state index contributed by atoms with van der Waals surface area (Å²) in [6.07, 6.45) is -4.79. The molecule has 1 rings (SSSR count). The van der Waals surface area contributed by atoms with Crippen molar-refractivity contribution in [2.45, 2.75) is 13.3 Å². The van der Waals surface area contributed by atoms with Crippen LogP contribution in [-0.4, -0.2) is 23.3 Å². The lowest BCUT2D eigenvalue weighted by molar-refractivity contribution is -0.274. The molecule has 8 heteroatoms. The summed E-state index contributed by atoms with van der Waals surface area (Å²) in [5.74, 6) is -0.445. The summed E-state index contributed by atoms with van der Waals surface area (Å²) < 4.78 is 39.6. The van der Waals surface area contributed by atoms with Crippen LogP contribution in [0.4, 0.5) is 24.5 Å². The van der Waals surface area contributed by atoms with Crippen molar-refractivity contribution < 1.29 is 28.3 Å². The molecule has 96 valence electrons. The van der Waals surface area contributed by atoms with Crippen molar-refractivity contribution in [3.63, 3.8) is 0 Å². The summed E-state index contributed by atoms with van der Waals surface area (Å²) >= 11 is 0. The molecule has 0 radical (unpaired) electrons. The average Bonchev–Trinajstić information content (AvgIpc) is 2.15. The van der Waals surface area contributed by atoms with Gasteiger partial charge in [-0.3, -0.25) is 10.4 Å². The largest absolute Gasteiger partial charge is 0.573 e. The molecule has 0 aliphatic carbocycles. The van der Waals surface area contributed by atoms with Gasteiger partial charge >= 0.3 is 6.36 Å². The van der Waals surface area contributed by atoms with Crippen LogP contribution in [0.15, 0.2) is 18.2 Å². The maximum Gasteiger partial charge on any atom is 0.573 e. The molecule has 17 heavy (non-hydrogen) atoms. The van der Waals surface area contributed by atoms with E-state index in [1.54, 1.807) is 6.92 Å². The van der Waals surface area contributed by atoms with Crippen molar-refractivity contribution in [3.8, 4) is 5.75 Å². The van der Waals surface area contributed by atoms with Crippen molar-refractivity contribution in [2.24, 2.45) is 0 Å². The Bertz CT molecular complexity index is 382. The van der Waals surface area contributed by atoms with Gasteiger partial charge in [-0.05, 0) is 19.1 Å². The molecule has 0 fully saturated rings. The molecule has 0 unspecified atom stereocenters. The lowest BCUT2D eigenvalue weighted by atomic mass is 10.2. The van der Waals surface area contributed by atoms with Crippen LogP contribution in [0.25, 0.3) is 0 Å². The Balaban J connectivity index is 3.01. The number of halogens is 3. The van der Waals surface area contributed by atoms with Crippen LogP contribution < -0.4 is 15.3 Å². The van der Waals surface area contributed by atoms with Crippen LogP contribution in [-0.2, 0) is 0 Å². The molecule has 0 bridgehead atoms. The van der Waals surface area contributed by atoms with E-state index in [0.29, 0.717) is 6.54 Å². The minimum atomic E-state index is -4.79. The van der Waals surface area contributed by atoms with Gasteiger partial charge in [-0.2, -0.15) is 0 Å². The number of nitrogens with one attached hydrogen (secondary N) is 1. The van der Waals surface area contributed by atoms with Crippen molar-refractivity contribution in [2.75, 3.05) is 17.1 Å². The van der Waals surface area contributed by atoms with E-state index in [2.05, 4.69) is 10.1 Å². The molecule has 0 amide bonds. The van der Waals surface area contributed by atoms with E-state index < -0.39 is 12.1 Å². The number of rotatable bonds is 4. The van der Waals surface area contributed by atoms with Gasteiger partial charge in [0.1, 0.15) is 11.4 Å². The fraction of sp³-hybridized carbons (Fsp3) is 0.333. The maximum absolute atomic E-state index is 12.0. The summed E-state index contributed by atoms with van der Waals surface area (Å²) in [5.41, 5.74) is 0.0284. The minimum absolute atomic E-state index is 0.0821. The first kappa shape index (κ1) is 13.4. The van der Waals surface area contributed by atoms with E-state index in [-0.39, 0.29) is 16.6 Å². The smallest absolute Gasteiger partial charge is 0.406 e. The second kappa shape index (κ2) is 5.11. The molecule has 0 aliphatic rings. The van der Waals surface area contributed by atoms with Crippen LogP contribution in [0.3, 0.4) is 0 Å². The van der Waals surface area contributed by atoms with Crippen LogP contribution in [0, 0.1) is 0 Å². The number of hydrogen-bond acceptors (Lipinski definition) is 5. The highest BCUT2D eigenvalue weighted by Crippen LogP contribution is 2.31. The second-order valence-electron chi connectivity index (χ2n) is 3.05. The predicted octanol–water partition coefficient (Wildman–Crippen LogP) is 2.60.